The van der Waals surface area contributed by atoms with E-state index in [0.717, 1.165) is 37.7 Å². The van der Waals surface area contributed by atoms with Crippen LogP contribution in [0.15, 0.2) is 53.1 Å². The lowest BCUT2D eigenvalue weighted by atomic mass is 10.1. The highest BCUT2D eigenvalue weighted by Gasteiger charge is 2.20. The van der Waals surface area contributed by atoms with Gasteiger partial charge in [-0.15, -0.1) is 0 Å². The van der Waals surface area contributed by atoms with Gasteiger partial charge in [-0.1, -0.05) is 35.5 Å². The smallest absolute Gasteiger partial charge is 0.231 e. The molecule has 0 radical (unpaired) electrons. The molecule has 2 heterocycles. The third kappa shape index (κ3) is 2.17. The van der Waals surface area contributed by atoms with Crippen LogP contribution in [0.2, 0.25) is 0 Å². The lowest BCUT2D eigenvalue weighted by Crippen LogP contribution is -1.92. The van der Waals surface area contributed by atoms with Gasteiger partial charge in [-0.05, 0) is 40.8 Å². The molecule has 1 aliphatic rings. The molecule has 104 valence electrons. The molecular formula is C16H10INO3. The Kier molecular flexibility index (Phi) is 3.07. The predicted octanol–water partition coefficient (Wildman–Crippen LogP) is 4.34. The molecule has 0 atom stereocenters. The fourth-order valence-corrected chi connectivity index (χ4v) is 3.09. The van der Waals surface area contributed by atoms with Gasteiger partial charge in [-0.2, -0.15) is 0 Å². The van der Waals surface area contributed by atoms with Gasteiger partial charge in [-0.3, -0.25) is 0 Å². The van der Waals surface area contributed by atoms with E-state index in [1.54, 1.807) is 0 Å². The van der Waals surface area contributed by atoms with Crippen LogP contribution in [0, 0.1) is 3.57 Å². The Bertz CT molecular complexity index is 799. The Balaban J connectivity index is 1.79. The maximum absolute atomic E-state index is 5.53. The summed E-state index contributed by atoms with van der Waals surface area (Å²) in [6.45, 7) is 0.268. The Morgan fingerprint density at radius 3 is 2.57 bits per heavy atom. The lowest BCUT2D eigenvalue weighted by Gasteiger charge is -2.00. The van der Waals surface area contributed by atoms with Crippen molar-refractivity contribution in [1.29, 1.82) is 0 Å². The van der Waals surface area contributed by atoms with Crippen LogP contribution in [0.25, 0.3) is 22.6 Å². The summed E-state index contributed by atoms with van der Waals surface area (Å²) in [5.74, 6) is 2.29. The summed E-state index contributed by atoms with van der Waals surface area (Å²) in [5.41, 5.74) is 2.78. The first kappa shape index (κ1) is 12.7. The molecule has 4 rings (SSSR count). The molecule has 21 heavy (non-hydrogen) atoms. The number of hydrogen-bond donors (Lipinski definition) is 0. The minimum atomic E-state index is 0.268. The van der Waals surface area contributed by atoms with Gasteiger partial charge >= 0.3 is 0 Å². The van der Waals surface area contributed by atoms with E-state index in [9.17, 15) is 0 Å². The van der Waals surface area contributed by atoms with Crippen LogP contribution in [0.4, 0.5) is 0 Å². The van der Waals surface area contributed by atoms with E-state index >= 15 is 0 Å². The lowest BCUT2D eigenvalue weighted by molar-refractivity contribution is 0.174. The van der Waals surface area contributed by atoms with E-state index in [2.05, 4.69) is 27.7 Å². The molecule has 0 aliphatic carbocycles. The average Bonchev–Trinajstić information content (AvgIpc) is 3.13. The van der Waals surface area contributed by atoms with Crippen LogP contribution in [0.3, 0.4) is 0 Å². The van der Waals surface area contributed by atoms with Crippen molar-refractivity contribution in [2.45, 2.75) is 0 Å². The second-order valence-corrected chi connectivity index (χ2v) is 5.69. The number of aromatic nitrogens is 1. The normalized spacial score (nSPS) is 12.6. The summed E-state index contributed by atoms with van der Waals surface area (Å²) in [5, 5.41) is 4.21. The fraction of sp³-hybridized carbons (Fsp3) is 0.0625. The first-order valence-corrected chi connectivity index (χ1v) is 7.51. The number of hydrogen-bond acceptors (Lipinski definition) is 4. The van der Waals surface area contributed by atoms with Crippen molar-refractivity contribution in [2.24, 2.45) is 0 Å². The number of nitrogens with zero attached hydrogens (tertiary/aromatic N) is 1. The highest BCUT2D eigenvalue weighted by molar-refractivity contribution is 14.1. The van der Waals surface area contributed by atoms with Gasteiger partial charge in [-0.25, -0.2) is 0 Å². The number of benzene rings is 2. The van der Waals surface area contributed by atoms with Crippen molar-refractivity contribution in [3.05, 3.63) is 52.1 Å². The largest absolute Gasteiger partial charge is 0.454 e. The summed E-state index contributed by atoms with van der Waals surface area (Å²) < 4.78 is 17.2. The van der Waals surface area contributed by atoms with Gasteiger partial charge in [0.05, 0.1) is 3.57 Å². The van der Waals surface area contributed by atoms with E-state index in [4.69, 9.17) is 14.0 Å². The Morgan fingerprint density at radius 2 is 1.71 bits per heavy atom. The zero-order valence-corrected chi connectivity index (χ0v) is 13.0. The molecule has 1 aliphatic heterocycles. The molecule has 0 bridgehead atoms. The van der Waals surface area contributed by atoms with Crippen molar-refractivity contribution < 1.29 is 14.0 Å². The molecule has 3 aromatic rings. The molecule has 0 fully saturated rings. The minimum Gasteiger partial charge on any atom is -0.454 e. The number of ether oxygens (including phenoxy) is 2. The molecule has 0 unspecified atom stereocenters. The van der Waals surface area contributed by atoms with E-state index in [1.807, 2.05) is 48.5 Å². The van der Waals surface area contributed by atoms with Crippen LogP contribution >= 0.6 is 22.6 Å². The molecule has 0 N–H and O–H groups in total. The summed E-state index contributed by atoms with van der Waals surface area (Å²) in [7, 11) is 0. The van der Waals surface area contributed by atoms with Gasteiger partial charge in [0, 0.05) is 11.1 Å². The third-order valence-corrected chi connectivity index (χ3v) is 4.32. The summed E-state index contributed by atoms with van der Waals surface area (Å²) in [6.07, 6.45) is 0. The standard InChI is InChI=1S/C16H10INO3/c17-14-15(11-6-7-12-13(8-11)20-9-19-12)18-21-16(14)10-4-2-1-3-5-10/h1-8H,9H2. The zero-order valence-electron chi connectivity index (χ0n) is 10.9. The van der Waals surface area contributed by atoms with Crippen molar-refractivity contribution in [1.82, 2.24) is 5.16 Å². The molecule has 5 heteroatoms. The highest BCUT2D eigenvalue weighted by Crippen LogP contribution is 2.38. The van der Waals surface area contributed by atoms with Gasteiger partial charge in [0.2, 0.25) is 6.79 Å². The second-order valence-electron chi connectivity index (χ2n) is 4.61. The molecule has 4 nitrogen and oxygen atoms in total. The van der Waals surface area contributed by atoms with Crippen LogP contribution in [-0.4, -0.2) is 11.9 Å². The Morgan fingerprint density at radius 1 is 0.905 bits per heavy atom. The first-order valence-electron chi connectivity index (χ1n) is 6.43. The molecule has 0 saturated heterocycles. The predicted molar refractivity (Wildman–Crippen MR) is 86.2 cm³/mol. The average molecular weight is 391 g/mol. The summed E-state index contributed by atoms with van der Waals surface area (Å²) in [4.78, 5) is 0. The molecule has 2 aromatic carbocycles. The molecule has 1 aromatic heterocycles. The second kappa shape index (κ2) is 5.07. The van der Waals surface area contributed by atoms with Crippen LogP contribution in [-0.2, 0) is 0 Å². The Labute approximate surface area is 134 Å². The van der Waals surface area contributed by atoms with Crippen molar-refractivity contribution in [3.63, 3.8) is 0 Å². The topological polar surface area (TPSA) is 44.5 Å². The van der Waals surface area contributed by atoms with Gasteiger partial charge in [0.25, 0.3) is 0 Å². The first-order chi connectivity index (χ1) is 10.3. The summed E-state index contributed by atoms with van der Waals surface area (Å²) >= 11 is 2.26. The van der Waals surface area contributed by atoms with Gasteiger partial charge in [0.1, 0.15) is 5.69 Å². The van der Waals surface area contributed by atoms with Crippen LogP contribution in [0.1, 0.15) is 0 Å². The van der Waals surface area contributed by atoms with E-state index in [0.29, 0.717) is 0 Å². The molecule has 0 spiro atoms. The van der Waals surface area contributed by atoms with E-state index < -0.39 is 0 Å². The molecular weight excluding hydrogens is 381 g/mol. The Hall–Kier alpha value is -2.02. The van der Waals surface area contributed by atoms with E-state index in [1.165, 1.54) is 0 Å². The SMILES string of the molecule is Ic1c(-c2ccc3c(c2)OCO3)noc1-c1ccccc1. The van der Waals surface area contributed by atoms with Crippen LogP contribution < -0.4 is 9.47 Å². The minimum absolute atomic E-state index is 0.268. The number of rotatable bonds is 2. The fourth-order valence-electron chi connectivity index (χ4n) is 2.27. The van der Waals surface area contributed by atoms with E-state index in [-0.39, 0.29) is 6.79 Å². The molecule has 0 amide bonds. The third-order valence-electron chi connectivity index (χ3n) is 3.32. The van der Waals surface area contributed by atoms with Gasteiger partial charge in [0.15, 0.2) is 17.3 Å². The summed E-state index contributed by atoms with van der Waals surface area (Å²) in [6, 6.07) is 15.7. The quantitative estimate of drug-likeness (QED) is 0.610. The maximum atomic E-state index is 5.53. The molecule has 0 saturated carbocycles. The van der Waals surface area contributed by atoms with Crippen molar-refractivity contribution in [3.8, 4) is 34.1 Å². The monoisotopic (exact) mass is 391 g/mol. The maximum Gasteiger partial charge on any atom is 0.231 e. The number of fused-ring (bicyclic) bond motifs is 1. The van der Waals surface area contributed by atoms with Crippen LogP contribution in [0.5, 0.6) is 11.5 Å². The van der Waals surface area contributed by atoms with Gasteiger partial charge < -0.3 is 14.0 Å². The van der Waals surface area contributed by atoms with Crippen molar-refractivity contribution in [2.75, 3.05) is 6.79 Å². The highest BCUT2D eigenvalue weighted by atomic mass is 127. The van der Waals surface area contributed by atoms with Crippen molar-refractivity contribution >= 4 is 22.6 Å². The number of halogens is 1. The zero-order chi connectivity index (χ0) is 14.2.